The van der Waals surface area contributed by atoms with Crippen molar-refractivity contribution in [3.8, 4) is 0 Å². The Morgan fingerprint density at radius 1 is 1.22 bits per heavy atom. The molecule has 0 spiro atoms. The number of esters is 1. The number of oxazole rings is 1. The van der Waals surface area contributed by atoms with Crippen molar-refractivity contribution in [3.63, 3.8) is 0 Å². The van der Waals surface area contributed by atoms with Gasteiger partial charge in [-0.1, -0.05) is 30.3 Å². The zero-order valence-corrected chi connectivity index (χ0v) is 14.8. The van der Waals surface area contributed by atoms with Crippen LogP contribution >= 0.6 is 0 Å². The minimum atomic E-state index is -1.12. The number of aromatic nitrogens is 1. The van der Waals surface area contributed by atoms with Crippen LogP contribution in [0.3, 0.4) is 0 Å². The minimum absolute atomic E-state index is 0.0117. The molecule has 3 aromatic rings. The van der Waals surface area contributed by atoms with Gasteiger partial charge >= 0.3 is 5.97 Å². The molecule has 0 saturated carbocycles. The third-order valence-corrected chi connectivity index (χ3v) is 4.33. The van der Waals surface area contributed by atoms with Crippen LogP contribution in [0.2, 0.25) is 0 Å². The van der Waals surface area contributed by atoms with Crippen molar-refractivity contribution in [2.45, 2.75) is 18.9 Å². The molecular weight excluding hydrogens is 348 g/mol. The Hall–Kier alpha value is -3.19. The number of hydrogen-bond acceptors (Lipinski definition) is 6. The van der Waals surface area contributed by atoms with Crippen LogP contribution in [0.4, 0.5) is 0 Å². The molecule has 0 radical (unpaired) electrons. The fourth-order valence-corrected chi connectivity index (χ4v) is 2.99. The summed E-state index contributed by atoms with van der Waals surface area (Å²) < 4.78 is 10.3. The van der Waals surface area contributed by atoms with E-state index in [1.807, 2.05) is 30.3 Å². The lowest BCUT2D eigenvalue weighted by Gasteiger charge is -2.19. The van der Waals surface area contributed by atoms with Gasteiger partial charge in [0.2, 0.25) is 11.8 Å². The van der Waals surface area contributed by atoms with Gasteiger partial charge in [0.1, 0.15) is 11.6 Å². The van der Waals surface area contributed by atoms with Crippen LogP contribution in [0.5, 0.6) is 0 Å². The number of ether oxygens (including phenoxy) is 1. The monoisotopic (exact) mass is 368 g/mol. The average Bonchev–Trinajstić information content (AvgIpc) is 3.10. The molecule has 3 rings (SSSR count). The zero-order valence-electron chi connectivity index (χ0n) is 14.8. The number of aliphatic hydroxyl groups is 1. The maximum atomic E-state index is 11.6. The summed E-state index contributed by atoms with van der Waals surface area (Å²) in [7, 11) is 1.29. The van der Waals surface area contributed by atoms with Crippen LogP contribution in [-0.4, -0.2) is 29.1 Å². The number of nitrogens with zero attached hydrogens (tertiary/aromatic N) is 1. The van der Waals surface area contributed by atoms with E-state index < -0.39 is 23.9 Å². The highest BCUT2D eigenvalue weighted by Crippen LogP contribution is 2.30. The lowest BCUT2D eigenvalue weighted by Crippen LogP contribution is -2.23. The lowest BCUT2D eigenvalue weighted by molar-refractivity contribution is -0.120. The molecule has 7 heteroatoms. The topological polar surface area (TPSA) is 116 Å². The van der Waals surface area contributed by atoms with Crippen molar-refractivity contribution in [3.05, 3.63) is 65.5 Å². The Morgan fingerprint density at radius 3 is 2.63 bits per heavy atom. The maximum absolute atomic E-state index is 11.6. The van der Waals surface area contributed by atoms with Crippen molar-refractivity contribution < 1.29 is 23.8 Å². The predicted molar refractivity (Wildman–Crippen MR) is 97.8 cm³/mol. The molecule has 27 heavy (non-hydrogen) atoms. The van der Waals surface area contributed by atoms with Gasteiger partial charge in [0, 0.05) is 12.3 Å². The van der Waals surface area contributed by atoms with E-state index in [2.05, 4.69) is 9.72 Å². The van der Waals surface area contributed by atoms with Gasteiger partial charge in [0.25, 0.3) is 0 Å². The summed E-state index contributed by atoms with van der Waals surface area (Å²) in [5, 5.41) is 10.8. The number of aliphatic hydroxyl groups excluding tert-OH is 1. The van der Waals surface area contributed by atoms with Gasteiger partial charge in [0.15, 0.2) is 5.58 Å². The van der Waals surface area contributed by atoms with Gasteiger partial charge in [-0.05, 0) is 30.2 Å². The fraction of sp³-hybridized carbons (Fsp3) is 0.250. The Kier molecular flexibility index (Phi) is 5.52. The molecule has 1 heterocycles. The Labute approximate surface area is 155 Å². The minimum Gasteiger partial charge on any atom is -0.465 e. The molecule has 3 N–H and O–H groups in total. The van der Waals surface area contributed by atoms with Gasteiger partial charge < -0.3 is 20.0 Å². The van der Waals surface area contributed by atoms with Crippen LogP contribution < -0.4 is 5.73 Å². The SMILES string of the molecule is COC(=O)c1ccc2oc(C(O)C(CC(N)=O)Cc3ccccc3)nc2c1. The highest BCUT2D eigenvalue weighted by molar-refractivity contribution is 5.93. The van der Waals surface area contributed by atoms with Crippen LogP contribution in [0.25, 0.3) is 11.1 Å². The Balaban J connectivity index is 1.89. The fourth-order valence-electron chi connectivity index (χ4n) is 2.99. The summed E-state index contributed by atoms with van der Waals surface area (Å²) in [6.07, 6.45) is -0.689. The predicted octanol–water partition coefficient (Wildman–Crippen LogP) is 2.38. The van der Waals surface area contributed by atoms with Gasteiger partial charge in [-0.25, -0.2) is 9.78 Å². The molecule has 0 saturated heterocycles. The average molecular weight is 368 g/mol. The maximum Gasteiger partial charge on any atom is 0.337 e. The van der Waals surface area contributed by atoms with E-state index >= 15 is 0 Å². The number of hydrogen-bond donors (Lipinski definition) is 2. The zero-order chi connectivity index (χ0) is 19.4. The number of rotatable bonds is 7. The molecule has 1 aromatic heterocycles. The second-order valence-corrected chi connectivity index (χ2v) is 6.29. The van der Waals surface area contributed by atoms with Crippen LogP contribution in [-0.2, 0) is 16.0 Å². The van der Waals surface area contributed by atoms with Crippen LogP contribution in [0.15, 0.2) is 52.9 Å². The number of carbonyl (C=O) groups is 2. The molecular formula is C20H20N2O5. The number of methoxy groups -OCH3 is 1. The molecule has 2 atom stereocenters. The molecule has 1 amide bonds. The smallest absolute Gasteiger partial charge is 0.337 e. The first-order chi connectivity index (χ1) is 13.0. The van der Waals surface area contributed by atoms with E-state index in [-0.39, 0.29) is 12.3 Å². The summed E-state index contributed by atoms with van der Waals surface area (Å²) in [6, 6.07) is 14.2. The first-order valence-electron chi connectivity index (χ1n) is 8.47. The number of amides is 1. The number of benzene rings is 2. The largest absolute Gasteiger partial charge is 0.465 e. The molecule has 0 bridgehead atoms. The number of fused-ring (bicyclic) bond motifs is 1. The van der Waals surface area contributed by atoms with Crippen molar-refractivity contribution in [1.82, 2.24) is 4.98 Å². The van der Waals surface area contributed by atoms with Crippen LogP contribution in [0.1, 0.15) is 34.3 Å². The molecule has 2 aromatic carbocycles. The first-order valence-corrected chi connectivity index (χ1v) is 8.47. The van der Waals surface area contributed by atoms with Crippen molar-refractivity contribution in [2.24, 2.45) is 11.7 Å². The standard InChI is InChI=1S/C20H20N2O5/c1-26-20(25)13-7-8-16-15(10-13)22-19(27-16)18(24)14(11-17(21)23)9-12-5-3-2-4-6-12/h2-8,10,14,18,24H,9,11H2,1H3,(H2,21,23). The Morgan fingerprint density at radius 2 is 1.96 bits per heavy atom. The highest BCUT2D eigenvalue weighted by atomic mass is 16.5. The normalized spacial score (nSPS) is 13.3. The number of carbonyl (C=O) groups excluding carboxylic acids is 2. The molecule has 0 aliphatic rings. The van der Waals surface area contributed by atoms with E-state index in [1.165, 1.54) is 13.2 Å². The van der Waals surface area contributed by atoms with E-state index in [0.29, 0.717) is 23.1 Å². The summed E-state index contributed by atoms with van der Waals surface area (Å²) in [5.74, 6) is -1.41. The molecule has 0 fully saturated rings. The molecule has 140 valence electrons. The number of nitrogens with two attached hydrogens (primary N) is 1. The quantitative estimate of drug-likeness (QED) is 0.619. The third-order valence-electron chi connectivity index (χ3n) is 4.33. The first kappa shape index (κ1) is 18.6. The molecule has 0 aliphatic heterocycles. The third kappa shape index (κ3) is 4.32. The van der Waals surface area contributed by atoms with E-state index in [1.54, 1.807) is 12.1 Å². The van der Waals surface area contributed by atoms with E-state index in [4.69, 9.17) is 10.2 Å². The van der Waals surface area contributed by atoms with Gasteiger partial charge in [0.05, 0.1) is 12.7 Å². The summed E-state index contributed by atoms with van der Waals surface area (Å²) >= 11 is 0. The van der Waals surface area contributed by atoms with Crippen LogP contribution in [0, 0.1) is 5.92 Å². The summed E-state index contributed by atoms with van der Waals surface area (Å²) in [6.45, 7) is 0. The molecule has 2 unspecified atom stereocenters. The van der Waals surface area contributed by atoms with Crippen molar-refractivity contribution >= 4 is 23.0 Å². The Bertz CT molecular complexity index is 951. The van der Waals surface area contributed by atoms with Crippen molar-refractivity contribution in [2.75, 3.05) is 7.11 Å². The summed E-state index contributed by atoms with van der Waals surface area (Å²) in [5.41, 5.74) is 7.50. The second kappa shape index (κ2) is 8.01. The van der Waals surface area contributed by atoms with E-state index in [0.717, 1.165) is 5.56 Å². The molecule has 7 nitrogen and oxygen atoms in total. The highest BCUT2D eigenvalue weighted by Gasteiger charge is 2.27. The lowest BCUT2D eigenvalue weighted by atomic mass is 9.90. The van der Waals surface area contributed by atoms with Gasteiger partial charge in [-0.15, -0.1) is 0 Å². The number of primary amides is 1. The van der Waals surface area contributed by atoms with Gasteiger partial charge in [-0.2, -0.15) is 0 Å². The van der Waals surface area contributed by atoms with Gasteiger partial charge in [-0.3, -0.25) is 4.79 Å². The summed E-state index contributed by atoms with van der Waals surface area (Å²) in [4.78, 5) is 27.4. The molecule has 0 aliphatic carbocycles. The van der Waals surface area contributed by atoms with E-state index in [9.17, 15) is 14.7 Å². The van der Waals surface area contributed by atoms with Crippen molar-refractivity contribution in [1.29, 1.82) is 0 Å². The second-order valence-electron chi connectivity index (χ2n) is 6.29.